The van der Waals surface area contributed by atoms with E-state index in [0.717, 1.165) is 16.9 Å². The average Bonchev–Trinajstić information content (AvgIpc) is 3.03. The maximum Gasteiger partial charge on any atom is 0.295 e. The van der Waals surface area contributed by atoms with Crippen LogP contribution in [0.3, 0.4) is 0 Å². The Morgan fingerprint density at radius 2 is 1.74 bits per heavy atom. The average molecular weight is 466 g/mol. The van der Waals surface area contributed by atoms with E-state index < -0.39 is 17.7 Å². The van der Waals surface area contributed by atoms with E-state index in [1.165, 1.54) is 0 Å². The van der Waals surface area contributed by atoms with Gasteiger partial charge in [0.1, 0.15) is 17.3 Å². The first-order valence-electron chi connectivity index (χ1n) is 11.9. The lowest BCUT2D eigenvalue weighted by Gasteiger charge is -2.25. The molecule has 6 heteroatoms. The number of carbonyl (C=O) groups excluding carboxylic acids is 2. The third-order valence-corrected chi connectivity index (χ3v) is 5.59. The third kappa shape index (κ3) is 5.44. The van der Waals surface area contributed by atoms with Crippen molar-refractivity contribution in [3.8, 4) is 11.5 Å². The zero-order chi connectivity index (χ0) is 25.0. The molecule has 1 amide bonds. The summed E-state index contributed by atoms with van der Waals surface area (Å²) in [6, 6.07) is 12.0. The van der Waals surface area contributed by atoms with Crippen molar-refractivity contribution in [3.63, 3.8) is 0 Å². The monoisotopic (exact) mass is 465 g/mol. The molecule has 0 aromatic heterocycles. The molecule has 6 nitrogen and oxygen atoms in total. The minimum absolute atomic E-state index is 0.0345. The molecule has 0 aliphatic carbocycles. The predicted molar refractivity (Wildman–Crippen MR) is 133 cm³/mol. The molecule has 1 fully saturated rings. The molecule has 0 spiro atoms. The van der Waals surface area contributed by atoms with Crippen molar-refractivity contribution in [1.82, 2.24) is 4.90 Å². The van der Waals surface area contributed by atoms with E-state index in [-0.39, 0.29) is 17.4 Å². The number of benzene rings is 2. The van der Waals surface area contributed by atoms with Crippen molar-refractivity contribution in [2.45, 2.75) is 60.1 Å². The van der Waals surface area contributed by atoms with Crippen LogP contribution in [0.15, 0.2) is 48.0 Å². The van der Waals surface area contributed by atoms with Gasteiger partial charge in [0.05, 0.1) is 24.3 Å². The molecule has 2 aromatic rings. The number of likely N-dealkylation sites (tertiary alicyclic amines) is 1. The minimum atomic E-state index is -0.670. The van der Waals surface area contributed by atoms with E-state index in [9.17, 15) is 14.7 Å². The molecule has 1 atom stereocenters. The molecule has 0 radical (unpaired) electrons. The summed E-state index contributed by atoms with van der Waals surface area (Å²) in [5.74, 6) is 0.385. The van der Waals surface area contributed by atoms with Crippen molar-refractivity contribution < 1.29 is 24.2 Å². The van der Waals surface area contributed by atoms with Crippen LogP contribution in [-0.2, 0) is 9.59 Å². The van der Waals surface area contributed by atoms with Crippen LogP contribution in [-0.4, -0.2) is 41.0 Å². The Hall–Kier alpha value is -3.28. The molecule has 182 valence electrons. The summed E-state index contributed by atoms with van der Waals surface area (Å²) >= 11 is 0. The van der Waals surface area contributed by atoms with Gasteiger partial charge in [0.25, 0.3) is 11.7 Å². The maximum atomic E-state index is 13.1. The molecule has 2 aromatic carbocycles. The smallest absolute Gasteiger partial charge is 0.295 e. The zero-order valence-corrected chi connectivity index (χ0v) is 20.9. The summed E-state index contributed by atoms with van der Waals surface area (Å²) in [5.41, 5.74) is 2.18. The fraction of sp³-hybridized carbons (Fsp3) is 0.429. The Morgan fingerprint density at radius 1 is 1.06 bits per heavy atom. The molecular weight excluding hydrogens is 430 g/mol. The number of hydrogen-bond donors (Lipinski definition) is 1. The first-order chi connectivity index (χ1) is 16.1. The molecule has 0 bridgehead atoms. The fourth-order valence-corrected chi connectivity index (χ4v) is 4.07. The third-order valence-electron chi connectivity index (χ3n) is 5.59. The molecule has 1 aliphatic heterocycles. The van der Waals surface area contributed by atoms with Crippen molar-refractivity contribution in [2.24, 2.45) is 5.92 Å². The Labute approximate surface area is 202 Å². The topological polar surface area (TPSA) is 76.1 Å². The van der Waals surface area contributed by atoms with Gasteiger partial charge in [-0.05, 0) is 74.6 Å². The highest BCUT2D eigenvalue weighted by molar-refractivity contribution is 6.46. The van der Waals surface area contributed by atoms with Crippen molar-refractivity contribution in [3.05, 3.63) is 64.7 Å². The molecule has 3 rings (SSSR count). The second-order valence-corrected chi connectivity index (χ2v) is 9.41. The van der Waals surface area contributed by atoms with Crippen molar-refractivity contribution >= 4 is 17.4 Å². The van der Waals surface area contributed by atoms with Gasteiger partial charge in [-0.25, -0.2) is 0 Å². The molecule has 0 saturated carbocycles. The van der Waals surface area contributed by atoms with E-state index in [4.69, 9.17) is 9.47 Å². The quantitative estimate of drug-likeness (QED) is 0.294. The molecule has 1 heterocycles. The van der Waals surface area contributed by atoms with Crippen molar-refractivity contribution in [2.75, 3.05) is 13.2 Å². The van der Waals surface area contributed by atoms with Crippen LogP contribution < -0.4 is 9.47 Å². The van der Waals surface area contributed by atoms with Crippen LogP contribution in [0.4, 0.5) is 0 Å². The van der Waals surface area contributed by atoms with E-state index in [2.05, 4.69) is 13.8 Å². The number of amides is 1. The summed E-state index contributed by atoms with van der Waals surface area (Å²) < 4.78 is 11.6. The van der Waals surface area contributed by atoms with Gasteiger partial charge in [-0.3, -0.25) is 9.59 Å². The maximum absolute atomic E-state index is 13.1. The molecule has 1 N–H and O–H groups in total. The Balaban J connectivity index is 2.04. The normalized spacial score (nSPS) is 17.6. The summed E-state index contributed by atoms with van der Waals surface area (Å²) in [4.78, 5) is 27.5. The SMILES string of the molecule is CCCN1C(=O)C(=O)/C(=C(\O)c2ccc(OCC(C)C)c(C)c2)C1c1ccc(OC(C)C)cc1. The van der Waals surface area contributed by atoms with Crippen LogP contribution in [0.2, 0.25) is 0 Å². The standard InChI is InChI=1S/C28H35NO5/c1-7-14-29-25(20-8-11-22(12-9-20)34-18(4)5)24(27(31)28(29)32)26(30)21-10-13-23(19(6)15-21)33-16-17(2)3/h8-13,15,17-18,25,30H,7,14,16H2,1-6H3/b26-24-. The van der Waals surface area contributed by atoms with Gasteiger partial charge in [0.15, 0.2) is 0 Å². The number of aryl methyl sites for hydroxylation is 1. The van der Waals surface area contributed by atoms with Crippen molar-refractivity contribution in [1.29, 1.82) is 0 Å². The lowest BCUT2D eigenvalue weighted by Crippen LogP contribution is -2.30. The number of Topliss-reactive ketones (excluding diaryl/α,β-unsaturated/α-hetero) is 1. The van der Waals surface area contributed by atoms with Gasteiger partial charge < -0.3 is 19.5 Å². The first-order valence-corrected chi connectivity index (χ1v) is 11.9. The van der Waals surface area contributed by atoms with Crippen LogP contribution >= 0.6 is 0 Å². The molecule has 1 saturated heterocycles. The number of hydrogen-bond acceptors (Lipinski definition) is 5. The fourth-order valence-electron chi connectivity index (χ4n) is 4.07. The lowest BCUT2D eigenvalue weighted by molar-refractivity contribution is -0.139. The van der Waals surface area contributed by atoms with Gasteiger partial charge in [-0.15, -0.1) is 0 Å². The highest BCUT2D eigenvalue weighted by Gasteiger charge is 2.45. The van der Waals surface area contributed by atoms with Crippen LogP contribution in [0.5, 0.6) is 11.5 Å². The van der Waals surface area contributed by atoms with Gasteiger partial charge in [0, 0.05) is 12.1 Å². The Bertz CT molecular complexity index is 1070. The van der Waals surface area contributed by atoms with Gasteiger partial charge in [-0.2, -0.15) is 0 Å². The summed E-state index contributed by atoms with van der Waals surface area (Å²) in [5, 5.41) is 11.2. The molecular formula is C28H35NO5. The number of rotatable bonds is 9. The van der Waals surface area contributed by atoms with E-state index in [1.807, 2.05) is 52.0 Å². The predicted octanol–water partition coefficient (Wildman–Crippen LogP) is 5.65. The highest BCUT2D eigenvalue weighted by atomic mass is 16.5. The second-order valence-electron chi connectivity index (χ2n) is 9.41. The van der Waals surface area contributed by atoms with Crippen LogP contribution in [0.25, 0.3) is 5.76 Å². The number of aliphatic hydroxyl groups is 1. The number of carbonyl (C=O) groups is 2. The Morgan fingerprint density at radius 3 is 2.29 bits per heavy atom. The summed E-state index contributed by atoms with van der Waals surface area (Å²) in [6.45, 7) is 12.9. The largest absolute Gasteiger partial charge is 0.507 e. The molecule has 34 heavy (non-hydrogen) atoms. The first kappa shape index (κ1) is 25.3. The van der Waals surface area contributed by atoms with E-state index in [1.54, 1.807) is 23.1 Å². The summed E-state index contributed by atoms with van der Waals surface area (Å²) in [7, 11) is 0. The minimum Gasteiger partial charge on any atom is -0.507 e. The van der Waals surface area contributed by atoms with E-state index >= 15 is 0 Å². The Kier molecular flexibility index (Phi) is 8.02. The number of ether oxygens (including phenoxy) is 2. The number of aliphatic hydroxyl groups excluding tert-OH is 1. The highest BCUT2D eigenvalue weighted by Crippen LogP contribution is 2.40. The number of ketones is 1. The lowest BCUT2D eigenvalue weighted by atomic mass is 9.94. The van der Waals surface area contributed by atoms with Crippen LogP contribution in [0.1, 0.15) is 63.8 Å². The van der Waals surface area contributed by atoms with Gasteiger partial charge in [0.2, 0.25) is 0 Å². The van der Waals surface area contributed by atoms with E-state index in [0.29, 0.717) is 36.8 Å². The molecule has 1 unspecified atom stereocenters. The summed E-state index contributed by atoms with van der Waals surface area (Å²) in [6.07, 6.45) is 0.728. The zero-order valence-electron chi connectivity index (χ0n) is 20.9. The second kappa shape index (κ2) is 10.8. The molecule has 1 aliphatic rings. The van der Waals surface area contributed by atoms with Gasteiger partial charge >= 0.3 is 0 Å². The van der Waals surface area contributed by atoms with Gasteiger partial charge in [-0.1, -0.05) is 32.9 Å². The van der Waals surface area contributed by atoms with Crippen LogP contribution in [0, 0.1) is 12.8 Å². The number of nitrogens with zero attached hydrogens (tertiary/aromatic N) is 1.